The van der Waals surface area contributed by atoms with Crippen LogP contribution in [0, 0.1) is 11.3 Å². The molecule has 0 saturated carbocycles. The molecule has 0 aromatic rings. The second-order valence-corrected chi connectivity index (χ2v) is 5.80. The molecule has 1 amide bonds. The molecule has 20 heavy (non-hydrogen) atoms. The van der Waals surface area contributed by atoms with Gasteiger partial charge in [0.25, 0.3) is 0 Å². The van der Waals surface area contributed by atoms with Crippen molar-refractivity contribution in [3.8, 4) is 0 Å². The first-order chi connectivity index (χ1) is 9.28. The van der Waals surface area contributed by atoms with Gasteiger partial charge in [-0.05, 0) is 32.6 Å². The van der Waals surface area contributed by atoms with Gasteiger partial charge >= 0.3 is 13.1 Å². The standard InChI is InChI=1S/C12H23BN2O5/c1-12(11(17)18)5-9(3-4-13(19)20)7-15(8-12)10(16)6-14-2/h9,14,19-20H,3-8H2,1-2H3,(H,17,18)/t9-,12-/m0/s1. The van der Waals surface area contributed by atoms with Crippen molar-refractivity contribution >= 4 is 19.0 Å². The van der Waals surface area contributed by atoms with E-state index in [-0.39, 0.29) is 31.2 Å². The maximum Gasteiger partial charge on any atom is 0.451 e. The molecule has 1 aliphatic heterocycles. The molecular weight excluding hydrogens is 263 g/mol. The first-order valence-corrected chi connectivity index (χ1v) is 6.80. The van der Waals surface area contributed by atoms with Gasteiger partial charge < -0.3 is 25.4 Å². The Morgan fingerprint density at radius 1 is 1.45 bits per heavy atom. The number of carboxylic acids is 1. The van der Waals surface area contributed by atoms with E-state index in [0.29, 0.717) is 19.4 Å². The van der Waals surface area contributed by atoms with Crippen molar-refractivity contribution in [2.75, 3.05) is 26.7 Å². The summed E-state index contributed by atoms with van der Waals surface area (Å²) in [5.41, 5.74) is -0.979. The molecule has 0 aromatic heterocycles. The Kier molecular flexibility index (Phi) is 5.97. The maximum absolute atomic E-state index is 12.0. The number of hydrogen-bond acceptors (Lipinski definition) is 5. The van der Waals surface area contributed by atoms with E-state index in [9.17, 15) is 14.7 Å². The van der Waals surface area contributed by atoms with Crippen LogP contribution in [0.3, 0.4) is 0 Å². The molecule has 0 radical (unpaired) electrons. The Balaban J connectivity index is 2.77. The van der Waals surface area contributed by atoms with E-state index in [4.69, 9.17) is 10.0 Å². The van der Waals surface area contributed by atoms with Crippen LogP contribution in [0.25, 0.3) is 0 Å². The number of rotatable bonds is 6. The van der Waals surface area contributed by atoms with E-state index in [0.717, 1.165) is 0 Å². The van der Waals surface area contributed by atoms with Gasteiger partial charge in [-0.2, -0.15) is 0 Å². The van der Waals surface area contributed by atoms with Crippen LogP contribution < -0.4 is 5.32 Å². The average molecular weight is 286 g/mol. The van der Waals surface area contributed by atoms with Crippen molar-refractivity contribution in [1.82, 2.24) is 10.2 Å². The summed E-state index contributed by atoms with van der Waals surface area (Å²) in [7, 11) is 0.271. The number of nitrogens with zero attached hydrogens (tertiary/aromatic N) is 1. The summed E-state index contributed by atoms with van der Waals surface area (Å²) in [5.74, 6) is -1.09. The predicted octanol–water partition coefficient (Wildman–Crippen LogP) is -0.992. The molecule has 114 valence electrons. The summed E-state index contributed by atoms with van der Waals surface area (Å²) in [6.07, 6.45) is 1.12. The van der Waals surface area contributed by atoms with Gasteiger partial charge in [0, 0.05) is 13.1 Å². The molecule has 0 unspecified atom stereocenters. The van der Waals surface area contributed by atoms with Crippen molar-refractivity contribution in [2.24, 2.45) is 11.3 Å². The Hall–Kier alpha value is -1.12. The van der Waals surface area contributed by atoms with Gasteiger partial charge in [0.1, 0.15) is 0 Å². The monoisotopic (exact) mass is 286 g/mol. The highest BCUT2D eigenvalue weighted by Gasteiger charge is 2.43. The molecular formula is C12H23BN2O5. The van der Waals surface area contributed by atoms with Gasteiger partial charge in [0.15, 0.2) is 0 Å². The molecule has 0 spiro atoms. The molecule has 1 saturated heterocycles. The molecule has 1 fully saturated rings. The van der Waals surface area contributed by atoms with Gasteiger partial charge in [-0.15, -0.1) is 0 Å². The normalized spacial score (nSPS) is 26.4. The lowest BCUT2D eigenvalue weighted by atomic mass is 9.72. The number of piperidine rings is 1. The minimum atomic E-state index is -1.39. The van der Waals surface area contributed by atoms with Crippen LogP contribution in [0.15, 0.2) is 0 Å². The highest BCUT2D eigenvalue weighted by Crippen LogP contribution is 2.35. The number of likely N-dealkylation sites (tertiary alicyclic amines) is 1. The molecule has 0 aliphatic carbocycles. The quantitative estimate of drug-likeness (QED) is 0.467. The Bertz CT molecular complexity index is 366. The molecule has 7 nitrogen and oxygen atoms in total. The second kappa shape index (κ2) is 7.05. The topological polar surface area (TPSA) is 110 Å². The first kappa shape index (κ1) is 16.9. The third-order valence-electron chi connectivity index (χ3n) is 3.79. The Labute approximate surface area is 119 Å². The number of nitrogens with one attached hydrogen (secondary N) is 1. The van der Waals surface area contributed by atoms with Crippen LogP contribution in [-0.4, -0.2) is 65.7 Å². The smallest absolute Gasteiger partial charge is 0.451 e. The van der Waals surface area contributed by atoms with Gasteiger partial charge in [0.05, 0.1) is 12.0 Å². The lowest BCUT2D eigenvalue weighted by molar-refractivity contribution is -0.155. The Morgan fingerprint density at radius 2 is 2.10 bits per heavy atom. The van der Waals surface area contributed by atoms with Crippen molar-refractivity contribution < 1.29 is 24.7 Å². The number of likely N-dealkylation sites (N-methyl/N-ethyl adjacent to an activating group) is 1. The van der Waals surface area contributed by atoms with E-state index in [1.54, 1.807) is 18.9 Å². The van der Waals surface area contributed by atoms with Crippen LogP contribution in [0.1, 0.15) is 19.8 Å². The van der Waals surface area contributed by atoms with Gasteiger partial charge in [-0.3, -0.25) is 9.59 Å². The molecule has 2 atom stereocenters. The SMILES string of the molecule is CNCC(=O)N1C[C@@H](CCB(O)O)C[C@](C)(C(=O)O)C1. The van der Waals surface area contributed by atoms with Crippen LogP contribution >= 0.6 is 0 Å². The highest BCUT2D eigenvalue weighted by molar-refractivity contribution is 6.40. The lowest BCUT2D eigenvalue weighted by Crippen LogP contribution is -2.53. The summed E-state index contributed by atoms with van der Waals surface area (Å²) >= 11 is 0. The van der Waals surface area contributed by atoms with Crippen molar-refractivity contribution in [3.63, 3.8) is 0 Å². The number of aliphatic carboxylic acids is 1. The summed E-state index contributed by atoms with van der Waals surface area (Å²) in [6.45, 7) is 2.47. The van der Waals surface area contributed by atoms with E-state index in [2.05, 4.69) is 5.32 Å². The van der Waals surface area contributed by atoms with Crippen molar-refractivity contribution in [1.29, 1.82) is 0 Å². The minimum Gasteiger partial charge on any atom is -0.481 e. The van der Waals surface area contributed by atoms with E-state index >= 15 is 0 Å². The van der Waals surface area contributed by atoms with E-state index in [1.807, 2.05) is 0 Å². The van der Waals surface area contributed by atoms with E-state index < -0.39 is 18.5 Å². The molecule has 1 aliphatic rings. The van der Waals surface area contributed by atoms with Gasteiger partial charge in [-0.1, -0.05) is 6.42 Å². The zero-order valence-corrected chi connectivity index (χ0v) is 12.0. The fourth-order valence-electron chi connectivity index (χ4n) is 2.75. The van der Waals surface area contributed by atoms with Crippen LogP contribution in [0.2, 0.25) is 6.32 Å². The number of carbonyl (C=O) groups is 2. The molecule has 4 N–H and O–H groups in total. The van der Waals surface area contributed by atoms with E-state index in [1.165, 1.54) is 0 Å². The average Bonchev–Trinajstić information content (AvgIpc) is 2.36. The van der Waals surface area contributed by atoms with Crippen LogP contribution in [0.4, 0.5) is 0 Å². The Morgan fingerprint density at radius 3 is 2.60 bits per heavy atom. The van der Waals surface area contributed by atoms with Gasteiger partial charge in [0.2, 0.25) is 5.91 Å². The highest BCUT2D eigenvalue weighted by atomic mass is 16.4. The summed E-state index contributed by atoms with van der Waals surface area (Å²) < 4.78 is 0. The number of amides is 1. The minimum absolute atomic E-state index is 0.0348. The summed E-state index contributed by atoms with van der Waals surface area (Å²) in [6, 6.07) is 0. The zero-order chi connectivity index (χ0) is 15.3. The fraction of sp³-hybridized carbons (Fsp3) is 0.833. The van der Waals surface area contributed by atoms with Crippen molar-refractivity contribution in [2.45, 2.75) is 26.1 Å². The third kappa shape index (κ3) is 4.47. The largest absolute Gasteiger partial charge is 0.481 e. The number of hydrogen-bond donors (Lipinski definition) is 4. The first-order valence-electron chi connectivity index (χ1n) is 6.80. The third-order valence-corrected chi connectivity index (χ3v) is 3.79. The molecule has 1 rings (SSSR count). The number of carboxylic acid groups (broad SMARTS) is 1. The molecule has 0 aromatic carbocycles. The van der Waals surface area contributed by atoms with Crippen LogP contribution in [-0.2, 0) is 9.59 Å². The molecule has 0 bridgehead atoms. The molecule has 1 heterocycles. The van der Waals surface area contributed by atoms with Crippen LogP contribution in [0.5, 0.6) is 0 Å². The van der Waals surface area contributed by atoms with Crippen molar-refractivity contribution in [3.05, 3.63) is 0 Å². The fourth-order valence-corrected chi connectivity index (χ4v) is 2.75. The summed E-state index contributed by atoms with van der Waals surface area (Å²) in [4.78, 5) is 25.0. The molecule has 8 heteroatoms. The second-order valence-electron chi connectivity index (χ2n) is 5.80. The zero-order valence-electron chi connectivity index (χ0n) is 12.0. The van der Waals surface area contributed by atoms with Gasteiger partial charge in [-0.25, -0.2) is 0 Å². The predicted molar refractivity (Wildman–Crippen MR) is 74.0 cm³/mol. The summed E-state index contributed by atoms with van der Waals surface area (Å²) in [5, 5.41) is 30.0. The lowest BCUT2D eigenvalue weighted by Gasteiger charge is -2.42. The maximum atomic E-state index is 12.0. The number of carbonyl (C=O) groups excluding carboxylic acids is 1.